The van der Waals surface area contributed by atoms with E-state index in [-0.39, 0.29) is 41.5 Å². The number of fused-ring (bicyclic) bond motifs is 1. The molecule has 3 aromatic rings. The highest BCUT2D eigenvalue weighted by Crippen LogP contribution is 2.36. The van der Waals surface area contributed by atoms with Crippen molar-refractivity contribution in [2.24, 2.45) is 0 Å². The first-order valence-electron chi connectivity index (χ1n) is 11.1. The number of piperidine rings is 1. The lowest BCUT2D eigenvalue weighted by Gasteiger charge is -2.43. The van der Waals surface area contributed by atoms with Crippen LogP contribution < -0.4 is 5.43 Å². The van der Waals surface area contributed by atoms with Crippen LogP contribution >= 0.6 is 0 Å². The van der Waals surface area contributed by atoms with Crippen LogP contribution in [0.5, 0.6) is 5.75 Å². The van der Waals surface area contributed by atoms with Crippen LogP contribution in [0.2, 0.25) is 0 Å². The fraction of sp³-hybridized carbons (Fsp3) is 0.320. The summed E-state index contributed by atoms with van der Waals surface area (Å²) in [5.41, 5.74) is -0.956. The lowest BCUT2D eigenvalue weighted by atomic mass is 9.98. The number of nitrogens with zero attached hydrogens (tertiary/aromatic N) is 2. The zero-order valence-electron chi connectivity index (χ0n) is 18.8. The van der Waals surface area contributed by atoms with Gasteiger partial charge in [-0.1, -0.05) is 18.2 Å². The molecule has 8 nitrogen and oxygen atoms in total. The van der Waals surface area contributed by atoms with E-state index in [0.717, 1.165) is 11.1 Å². The van der Waals surface area contributed by atoms with Gasteiger partial charge in [0, 0.05) is 11.6 Å². The molecule has 1 aromatic heterocycles. The predicted molar refractivity (Wildman–Crippen MR) is 123 cm³/mol. The van der Waals surface area contributed by atoms with E-state index in [9.17, 15) is 29.7 Å². The molecular weight excluding hydrogens is 462 g/mol. The van der Waals surface area contributed by atoms with Crippen LogP contribution in [0.4, 0.5) is 8.78 Å². The Bertz CT molecular complexity index is 1350. The van der Waals surface area contributed by atoms with Crippen LogP contribution in [0.15, 0.2) is 47.4 Å². The van der Waals surface area contributed by atoms with Gasteiger partial charge in [-0.25, -0.2) is 18.5 Å². The van der Waals surface area contributed by atoms with Gasteiger partial charge in [0.25, 0.3) is 0 Å². The number of carbonyl (C=O) groups is 2. The van der Waals surface area contributed by atoms with Gasteiger partial charge in [0.1, 0.15) is 17.4 Å². The molecule has 0 amide bonds. The third kappa shape index (κ3) is 4.49. The van der Waals surface area contributed by atoms with Crippen LogP contribution in [0.3, 0.4) is 0 Å². The first kappa shape index (κ1) is 24.3. The molecule has 0 bridgehead atoms. The highest BCUT2D eigenvalue weighted by Gasteiger charge is 2.41. The Hall–Kier alpha value is -3.79. The predicted octanol–water partition coefficient (Wildman–Crippen LogP) is 3.83. The monoisotopic (exact) mass is 486 g/mol. The molecule has 10 heteroatoms. The highest BCUT2D eigenvalue weighted by molar-refractivity contribution is 5.93. The van der Waals surface area contributed by atoms with Gasteiger partial charge < -0.3 is 19.9 Å². The van der Waals surface area contributed by atoms with Gasteiger partial charge in [-0.15, -0.1) is 0 Å². The number of likely N-dealkylation sites (tertiary alicyclic amines) is 1. The lowest BCUT2D eigenvalue weighted by molar-refractivity contribution is -0.153. The number of rotatable bonds is 6. The van der Waals surface area contributed by atoms with Crippen LogP contribution in [-0.2, 0) is 11.2 Å². The van der Waals surface area contributed by atoms with E-state index in [2.05, 4.69) is 0 Å². The van der Waals surface area contributed by atoms with E-state index in [0.29, 0.717) is 12.0 Å². The summed E-state index contributed by atoms with van der Waals surface area (Å²) in [7, 11) is 0. The first-order valence-corrected chi connectivity index (χ1v) is 11.1. The largest absolute Gasteiger partial charge is 0.508 e. The summed E-state index contributed by atoms with van der Waals surface area (Å²) in [4.78, 5) is 38.0. The van der Waals surface area contributed by atoms with Crippen molar-refractivity contribution in [1.82, 2.24) is 9.47 Å². The third-order valence-electron chi connectivity index (χ3n) is 6.46. The maximum Gasteiger partial charge on any atom is 0.341 e. The summed E-state index contributed by atoms with van der Waals surface area (Å²) >= 11 is 0. The molecule has 3 atom stereocenters. The number of pyridine rings is 1. The number of phenolic OH excluding ortho intramolecular Hbond substituents is 1. The molecule has 1 saturated heterocycles. The van der Waals surface area contributed by atoms with Crippen molar-refractivity contribution in [1.29, 1.82) is 0 Å². The van der Waals surface area contributed by atoms with Crippen molar-refractivity contribution in [2.75, 3.05) is 0 Å². The van der Waals surface area contributed by atoms with Crippen molar-refractivity contribution in [3.05, 3.63) is 75.3 Å². The van der Waals surface area contributed by atoms with Gasteiger partial charge in [0.15, 0.2) is 12.1 Å². The van der Waals surface area contributed by atoms with Gasteiger partial charge in [-0.05, 0) is 61.9 Å². The molecule has 0 radical (unpaired) electrons. The molecule has 0 saturated carbocycles. The van der Waals surface area contributed by atoms with Crippen molar-refractivity contribution in [3.63, 3.8) is 0 Å². The van der Waals surface area contributed by atoms with Crippen molar-refractivity contribution >= 4 is 22.8 Å². The number of alkyl halides is 1. The maximum atomic E-state index is 15.4. The van der Waals surface area contributed by atoms with Gasteiger partial charge in [-0.3, -0.25) is 9.59 Å². The number of halogens is 2. The van der Waals surface area contributed by atoms with E-state index in [1.807, 2.05) is 0 Å². The zero-order chi connectivity index (χ0) is 25.4. The fourth-order valence-electron chi connectivity index (χ4n) is 4.71. The van der Waals surface area contributed by atoms with Gasteiger partial charge in [0.05, 0.1) is 11.7 Å². The van der Waals surface area contributed by atoms with Gasteiger partial charge >= 0.3 is 11.9 Å². The molecule has 4 rings (SSSR count). The molecular formula is C25H24F2N2O6. The molecule has 3 unspecified atom stereocenters. The minimum absolute atomic E-state index is 0.00776. The number of aryl methyl sites for hydroxylation is 1. The Morgan fingerprint density at radius 2 is 1.80 bits per heavy atom. The third-order valence-corrected chi connectivity index (χ3v) is 6.46. The molecule has 1 aliphatic heterocycles. The fourth-order valence-corrected chi connectivity index (χ4v) is 4.71. The number of aliphatic carboxylic acids is 1. The van der Waals surface area contributed by atoms with Gasteiger partial charge in [-0.2, -0.15) is 0 Å². The first-order chi connectivity index (χ1) is 16.6. The van der Waals surface area contributed by atoms with Crippen molar-refractivity contribution in [2.45, 2.75) is 51.1 Å². The number of carboxylic acids is 2. The summed E-state index contributed by atoms with van der Waals surface area (Å²) < 4.78 is 31.9. The zero-order valence-corrected chi connectivity index (χ0v) is 18.8. The number of phenols is 1. The summed E-state index contributed by atoms with van der Waals surface area (Å²) in [5.74, 6) is -3.60. The Morgan fingerprint density at radius 1 is 1.11 bits per heavy atom. The second-order valence-corrected chi connectivity index (χ2v) is 8.69. The number of aromatic carboxylic acids is 1. The van der Waals surface area contributed by atoms with Crippen molar-refractivity contribution < 1.29 is 33.7 Å². The molecule has 2 aromatic carbocycles. The maximum absolute atomic E-state index is 15.4. The van der Waals surface area contributed by atoms with Crippen LogP contribution in [-0.4, -0.2) is 49.1 Å². The number of carboxylic acid groups (broad SMARTS) is 2. The molecule has 35 heavy (non-hydrogen) atoms. The van der Waals surface area contributed by atoms with Gasteiger partial charge in [0.2, 0.25) is 5.43 Å². The number of benzene rings is 2. The molecule has 1 aliphatic rings. The quantitative estimate of drug-likeness (QED) is 0.453. The molecule has 3 N–H and O–H groups in total. The number of aromatic hydroxyl groups is 1. The normalized spacial score (nSPS) is 19.5. The average Bonchev–Trinajstić information content (AvgIpc) is 2.81. The van der Waals surface area contributed by atoms with Crippen LogP contribution in [0.1, 0.15) is 46.9 Å². The van der Waals surface area contributed by atoms with E-state index >= 15 is 8.78 Å². The average molecular weight is 486 g/mol. The molecule has 0 aliphatic carbocycles. The SMILES string of the molecule is Cc1ccc2c(=O)c(C(=O)O)cn(C3CCCC(F)N3C(Cc3ccc(O)cc3)C(=O)O)c2c1F. The molecule has 0 spiro atoms. The second-order valence-electron chi connectivity index (χ2n) is 8.69. The van der Waals surface area contributed by atoms with E-state index in [4.69, 9.17) is 0 Å². The number of hydrogen-bond donors (Lipinski definition) is 3. The lowest BCUT2D eigenvalue weighted by Crippen LogP contribution is -2.52. The minimum atomic E-state index is -1.71. The van der Waals surface area contributed by atoms with E-state index in [1.165, 1.54) is 47.9 Å². The standard InChI is InChI=1S/C25H24F2N2O6/c1-13-5-10-16-22(21(13)27)28(12-17(23(16)31)24(32)33)20-4-2-3-19(26)29(20)18(25(34)35)11-14-6-8-15(30)9-7-14/h5-10,12,18-20,30H,2-4,11H2,1H3,(H,32,33)(H,34,35). The Morgan fingerprint density at radius 3 is 2.43 bits per heavy atom. The smallest absolute Gasteiger partial charge is 0.341 e. The Labute approximate surface area is 198 Å². The van der Waals surface area contributed by atoms with Crippen molar-refractivity contribution in [3.8, 4) is 5.75 Å². The summed E-state index contributed by atoms with van der Waals surface area (Å²) in [6.45, 7) is 1.48. The summed E-state index contributed by atoms with van der Waals surface area (Å²) in [6.07, 6.45) is -1.30. The molecule has 1 fully saturated rings. The summed E-state index contributed by atoms with van der Waals surface area (Å²) in [5, 5.41) is 29.0. The molecule has 2 heterocycles. The Balaban J connectivity index is 1.92. The minimum Gasteiger partial charge on any atom is -0.508 e. The number of aromatic nitrogens is 1. The topological polar surface area (TPSA) is 120 Å². The van der Waals surface area contributed by atoms with Crippen LogP contribution in [0.25, 0.3) is 10.9 Å². The highest BCUT2D eigenvalue weighted by atomic mass is 19.1. The van der Waals surface area contributed by atoms with E-state index in [1.54, 1.807) is 0 Å². The molecule has 184 valence electrons. The second kappa shape index (κ2) is 9.46. The number of hydrogen-bond acceptors (Lipinski definition) is 5. The van der Waals surface area contributed by atoms with Crippen LogP contribution in [0, 0.1) is 12.7 Å². The Kier molecular flexibility index (Phi) is 6.58. The summed E-state index contributed by atoms with van der Waals surface area (Å²) in [6, 6.07) is 7.13. The van der Waals surface area contributed by atoms with E-state index < -0.39 is 47.3 Å².